The number of carbonyl (C=O) groups excluding carboxylic acids is 1. The van der Waals surface area contributed by atoms with Gasteiger partial charge in [0.05, 0.1) is 17.1 Å². The summed E-state index contributed by atoms with van der Waals surface area (Å²) >= 11 is 7.45. The maximum Gasteiger partial charge on any atom is 0.339 e. The molecule has 4 nitrogen and oxygen atoms in total. The first-order valence-electron chi connectivity index (χ1n) is 4.38. The fourth-order valence-electron chi connectivity index (χ4n) is 1.10. The monoisotopic (exact) mass is 408 g/mol. The number of hydrogen-bond acceptors (Lipinski definition) is 4. The molecule has 1 aromatic rings. The van der Waals surface area contributed by atoms with Crippen LogP contribution in [-0.2, 0) is 13.8 Å². The molecule has 0 bridgehead atoms. The molecule has 0 aliphatic rings. The molecular formula is C9H7Cl2IO4S. The van der Waals surface area contributed by atoms with Gasteiger partial charge in [-0.15, -0.1) is 0 Å². The Balaban J connectivity index is 3.44. The smallest absolute Gasteiger partial charge is 0.339 e. The standard InChI is InChI=1S/C9H7Cl2IO4S/c1-2-16-9(13)6-3-5(10)4-7(8(6)12)17(11,14)15/h3-4H,2H2,1H3. The zero-order valence-electron chi connectivity index (χ0n) is 8.54. The van der Waals surface area contributed by atoms with Crippen molar-refractivity contribution in [3.05, 3.63) is 26.3 Å². The van der Waals surface area contributed by atoms with Gasteiger partial charge >= 0.3 is 5.97 Å². The second-order valence-corrected chi connectivity index (χ2v) is 6.97. The molecule has 8 heteroatoms. The summed E-state index contributed by atoms with van der Waals surface area (Å²) < 4.78 is 27.6. The Kier molecular flexibility index (Phi) is 5.06. The van der Waals surface area contributed by atoms with Crippen LogP contribution < -0.4 is 0 Å². The molecule has 0 heterocycles. The van der Waals surface area contributed by atoms with Gasteiger partial charge in [-0.05, 0) is 41.6 Å². The highest BCUT2D eigenvalue weighted by Crippen LogP contribution is 2.29. The molecule has 0 saturated heterocycles. The fourth-order valence-corrected chi connectivity index (χ4v) is 4.13. The normalized spacial score (nSPS) is 11.3. The average Bonchev–Trinajstić information content (AvgIpc) is 2.19. The van der Waals surface area contributed by atoms with Crippen molar-refractivity contribution in [2.45, 2.75) is 11.8 Å². The van der Waals surface area contributed by atoms with Crippen LogP contribution >= 0.6 is 44.9 Å². The maximum atomic E-state index is 11.6. The van der Waals surface area contributed by atoms with Crippen molar-refractivity contribution in [2.75, 3.05) is 6.61 Å². The number of halogens is 3. The molecule has 0 N–H and O–H groups in total. The molecular weight excluding hydrogens is 402 g/mol. The highest BCUT2D eigenvalue weighted by atomic mass is 127. The largest absolute Gasteiger partial charge is 0.462 e. The van der Waals surface area contributed by atoms with Crippen LogP contribution in [0.4, 0.5) is 0 Å². The Morgan fingerprint density at radius 3 is 2.53 bits per heavy atom. The van der Waals surface area contributed by atoms with E-state index in [0.717, 1.165) is 0 Å². The second kappa shape index (κ2) is 5.73. The van der Waals surface area contributed by atoms with Crippen molar-refractivity contribution in [3.63, 3.8) is 0 Å². The predicted octanol–water partition coefficient (Wildman–Crippen LogP) is 3.05. The number of carbonyl (C=O) groups is 1. The van der Waals surface area contributed by atoms with E-state index in [1.165, 1.54) is 12.1 Å². The molecule has 0 aliphatic carbocycles. The van der Waals surface area contributed by atoms with Gasteiger partial charge in [0, 0.05) is 19.3 Å². The summed E-state index contributed by atoms with van der Waals surface area (Å²) in [5, 5.41) is 0.104. The third kappa shape index (κ3) is 3.70. The lowest BCUT2D eigenvalue weighted by Gasteiger charge is -2.08. The quantitative estimate of drug-likeness (QED) is 0.438. The Bertz CT molecular complexity index is 556. The minimum atomic E-state index is -3.95. The molecule has 0 saturated carbocycles. The Morgan fingerprint density at radius 2 is 2.06 bits per heavy atom. The summed E-state index contributed by atoms with van der Waals surface area (Å²) in [7, 11) is 1.29. The Morgan fingerprint density at radius 1 is 1.47 bits per heavy atom. The first-order valence-corrected chi connectivity index (χ1v) is 8.14. The number of rotatable bonds is 3. The van der Waals surface area contributed by atoms with Crippen molar-refractivity contribution >= 4 is 59.9 Å². The molecule has 0 amide bonds. The third-order valence-corrected chi connectivity index (χ3v) is 4.85. The maximum absolute atomic E-state index is 11.6. The third-order valence-electron chi connectivity index (χ3n) is 1.76. The Labute approximate surface area is 122 Å². The van der Waals surface area contributed by atoms with Gasteiger partial charge in [0.1, 0.15) is 0 Å². The molecule has 0 spiro atoms. The molecule has 0 radical (unpaired) electrons. The van der Waals surface area contributed by atoms with E-state index in [1.807, 2.05) is 0 Å². The summed E-state index contributed by atoms with van der Waals surface area (Å²) in [4.78, 5) is 11.4. The van der Waals surface area contributed by atoms with Crippen LogP contribution in [0, 0.1) is 3.57 Å². The minimum Gasteiger partial charge on any atom is -0.462 e. The summed E-state index contributed by atoms with van der Waals surface area (Å²) in [6.45, 7) is 1.83. The topological polar surface area (TPSA) is 60.4 Å². The molecule has 0 aromatic heterocycles. The van der Waals surface area contributed by atoms with Crippen molar-refractivity contribution in [3.8, 4) is 0 Å². The van der Waals surface area contributed by atoms with E-state index in [1.54, 1.807) is 29.5 Å². The van der Waals surface area contributed by atoms with E-state index in [2.05, 4.69) is 0 Å². The number of hydrogen-bond donors (Lipinski definition) is 0. The number of ether oxygens (including phenoxy) is 1. The molecule has 17 heavy (non-hydrogen) atoms. The molecule has 94 valence electrons. The van der Waals surface area contributed by atoms with E-state index in [4.69, 9.17) is 27.0 Å². The van der Waals surface area contributed by atoms with Crippen molar-refractivity contribution in [1.29, 1.82) is 0 Å². The lowest BCUT2D eigenvalue weighted by Crippen LogP contribution is -2.09. The van der Waals surface area contributed by atoms with E-state index in [-0.39, 0.29) is 25.7 Å². The molecule has 0 unspecified atom stereocenters. The van der Waals surface area contributed by atoms with Crippen LogP contribution in [0.25, 0.3) is 0 Å². The lowest BCUT2D eigenvalue weighted by molar-refractivity contribution is 0.0524. The SMILES string of the molecule is CCOC(=O)c1cc(Cl)cc(S(=O)(=O)Cl)c1I. The van der Waals surface area contributed by atoms with E-state index in [0.29, 0.717) is 0 Å². The first-order chi connectivity index (χ1) is 7.77. The van der Waals surface area contributed by atoms with Gasteiger partial charge in [-0.2, -0.15) is 0 Å². The first kappa shape index (κ1) is 15.0. The van der Waals surface area contributed by atoms with E-state index in [9.17, 15) is 13.2 Å². The molecule has 0 fully saturated rings. The van der Waals surface area contributed by atoms with Crippen molar-refractivity contribution in [1.82, 2.24) is 0 Å². The minimum absolute atomic E-state index is 0.0826. The van der Waals surface area contributed by atoms with Gasteiger partial charge in [-0.1, -0.05) is 11.6 Å². The van der Waals surface area contributed by atoms with Crippen LogP contribution in [0.15, 0.2) is 17.0 Å². The zero-order valence-corrected chi connectivity index (χ0v) is 13.0. The van der Waals surface area contributed by atoms with Crippen LogP contribution in [0.2, 0.25) is 5.02 Å². The predicted molar refractivity (Wildman–Crippen MR) is 73.2 cm³/mol. The molecule has 0 atom stereocenters. The average molecular weight is 409 g/mol. The lowest BCUT2D eigenvalue weighted by atomic mass is 10.2. The van der Waals surface area contributed by atoms with Crippen LogP contribution in [-0.4, -0.2) is 21.0 Å². The van der Waals surface area contributed by atoms with Crippen molar-refractivity contribution < 1.29 is 17.9 Å². The summed E-state index contributed by atoms with van der Waals surface area (Å²) in [5.74, 6) is -0.638. The van der Waals surface area contributed by atoms with Crippen molar-refractivity contribution in [2.24, 2.45) is 0 Å². The van der Waals surface area contributed by atoms with Gasteiger partial charge in [-0.25, -0.2) is 13.2 Å². The van der Waals surface area contributed by atoms with Crippen LogP contribution in [0.3, 0.4) is 0 Å². The zero-order chi connectivity index (χ0) is 13.2. The summed E-state index contributed by atoms with van der Waals surface area (Å²) in [6.07, 6.45) is 0. The van der Waals surface area contributed by atoms with E-state index >= 15 is 0 Å². The van der Waals surface area contributed by atoms with Crippen LogP contribution in [0.5, 0.6) is 0 Å². The van der Waals surface area contributed by atoms with Gasteiger partial charge in [-0.3, -0.25) is 0 Å². The van der Waals surface area contributed by atoms with Gasteiger partial charge in [0.2, 0.25) is 0 Å². The fraction of sp³-hybridized carbons (Fsp3) is 0.222. The highest BCUT2D eigenvalue weighted by molar-refractivity contribution is 14.1. The Hall–Kier alpha value is -0.0500. The van der Waals surface area contributed by atoms with Gasteiger partial charge in [0.25, 0.3) is 9.05 Å². The van der Waals surface area contributed by atoms with Gasteiger partial charge < -0.3 is 4.74 Å². The molecule has 1 aromatic carbocycles. The highest BCUT2D eigenvalue weighted by Gasteiger charge is 2.22. The number of esters is 1. The number of benzene rings is 1. The molecule has 1 rings (SSSR count). The molecule has 0 aliphatic heterocycles. The second-order valence-electron chi connectivity index (χ2n) is 2.92. The van der Waals surface area contributed by atoms with E-state index < -0.39 is 15.0 Å². The van der Waals surface area contributed by atoms with Gasteiger partial charge in [0.15, 0.2) is 0 Å². The summed E-state index contributed by atoms with van der Waals surface area (Å²) in [5.41, 5.74) is 0.0826. The summed E-state index contributed by atoms with van der Waals surface area (Å²) in [6, 6.07) is 2.53. The van der Waals surface area contributed by atoms with Crippen LogP contribution in [0.1, 0.15) is 17.3 Å².